The van der Waals surface area contributed by atoms with Gasteiger partial charge in [0.2, 0.25) is 0 Å². The van der Waals surface area contributed by atoms with E-state index in [0.717, 1.165) is 0 Å². The summed E-state index contributed by atoms with van der Waals surface area (Å²) >= 11 is 0. The van der Waals surface area contributed by atoms with Crippen LogP contribution in [0.2, 0.25) is 0 Å². The van der Waals surface area contributed by atoms with Gasteiger partial charge in [-0.3, -0.25) is 0 Å². The second kappa shape index (κ2) is 13.6. The molecule has 0 N–H and O–H groups in total. The van der Waals surface area contributed by atoms with Crippen molar-refractivity contribution in [1.82, 2.24) is 0 Å². The van der Waals surface area contributed by atoms with Crippen molar-refractivity contribution in [2.75, 3.05) is 0 Å². The maximum absolute atomic E-state index is 10.7. The van der Waals surface area contributed by atoms with E-state index in [2.05, 4.69) is 34.6 Å². The Morgan fingerprint density at radius 3 is 0.559 bits per heavy atom. The summed E-state index contributed by atoms with van der Waals surface area (Å²) < 4.78 is 118. The number of halogens is 12. The third-order valence-corrected chi connectivity index (χ3v) is 2.81. The number of rotatable bonds is 0. The minimum atomic E-state index is -10.7. The first kappa shape index (κ1) is 46.0. The Hall–Kier alpha value is -1.38. The van der Waals surface area contributed by atoms with Gasteiger partial charge in [0.25, 0.3) is 0 Å². The molecule has 1 aliphatic carbocycles. The van der Waals surface area contributed by atoms with Crippen LogP contribution in [0.4, 0.5) is 50.4 Å². The Morgan fingerprint density at radius 2 is 0.529 bits per heavy atom. The first-order valence-corrected chi connectivity index (χ1v) is 12.0. The standard InChI is InChI=1S/C10H15.3C2H3N.2F6P.Ir/c1-6-7(2)9(4)10(5)8(6)3;3*1-2-3;2*1-7(2,3,4,5)6;/h1-5H3;3*1H3;;;/q;;;;2*-1;. The second-order valence-corrected chi connectivity index (χ2v) is 9.55. The van der Waals surface area contributed by atoms with Gasteiger partial charge in [-0.05, 0) is 38.8 Å². The van der Waals surface area contributed by atoms with E-state index in [1.165, 1.54) is 49.0 Å². The van der Waals surface area contributed by atoms with Gasteiger partial charge in [0.05, 0.1) is 18.2 Å². The Morgan fingerprint density at radius 1 is 0.441 bits per heavy atom. The molecule has 0 atom stereocenters. The van der Waals surface area contributed by atoms with Crippen molar-refractivity contribution < 1.29 is 70.5 Å². The molecule has 0 amide bonds. The monoisotopic (exact) mass is 741 g/mol. The zero-order valence-corrected chi connectivity index (χ0v) is 23.3. The molecule has 0 spiro atoms. The van der Waals surface area contributed by atoms with Crippen LogP contribution in [0.15, 0.2) is 22.3 Å². The van der Waals surface area contributed by atoms with E-state index in [-0.39, 0.29) is 20.1 Å². The molecule has 0 aliphatic heterocycles. The average Bonchev–Trinajstić information content (AvgIpc) is 2.61. The quantitative estimate of drug-likeness (QED) is 0.183. The zero-order chi connectivity index (χ0) is 28.8. The van der Waals surface area contributed by atoms with E-state index in [4.69, 9.17) is 15.8 Å². The van der Waals surface area contributed by atoms with E-state index in [9.17, 15) is 50.4 Å². The molecule has 0 aromatic rings. The number of nitrogens with zero attached hydrogens (tertiary/aromatic N) is 3. The van der Waals surface area contributed by atoms with Gasteiger partial charge in [0, 0.05) is 46.8 Å². The predicted molar refractivity (Wildman–Crippen MR) is 107 cm³/mol. The molecule has 0 unspecified atom stereocenters. The zero-order valence-electron chi connectivity index (χ0n) is 19.1. The summed E-state index contributed by atoms with van der Waals surface area (Å²) in [6.45, 7) is 15.3. The number of hydrogen-bond acceptors (Lipinski definition) is 3. The predicted octanol–water partition coefficient (Wildman–Crippen LogP) is 11.6. The molecule has 0 aromatic carbocycles. The smallest absolute Gasteiger partial charge is 0 e. The van der Waals surface area contributed by atoms with Gasteiger partial charge < -0.3 is 0 Å². The Labute approximate surface area is 203 Å². The topological polar surface area (TPSA) is 71.4 Å². The second-order valence-electron chi connectivity index (χ2n) is 5.71. The molecule has 3 nitrogen and oxygen atoms in total. The summed E-state index contributed by atoms with van der Waals surface area (Å²) in [5, 5.41) is 22.0. The van der Waals surface area contributed by atoms with E-state index in [1.54, 1.807) is 18.2 Å². The van der Waals surface area contributed by atoms with Crippen LogP contribution in [0.5, 0.6) is 0 Å². The number of allylic oxidation sites excluding steroid dienone is 4. The maximum atomic E-state index is 9.87. The first-order valence-electron chi connectivity index (χ1n) is 7.95. The molecule has 208 valence electrons. The molecule has 18 heteroatoms. The molecule has 1 aliphatic rings. The average molecular weight is 741 g/mol. The van der Waals surface area contributed by atoms with E-state index in [1.807, 2.05) is 0 Å². The molecule has 2 radical (unpaired) electrons. The Balaban J connectivity index is -0.0000000738. The van der Waals surface area contributed by atoms with E-state index < -0.39 is 15.6 Å². The largest absolute Gasteiger partial charge is 0 e. The van der Waals surface area contributed by atoms with Crippen LogP contribution in [0, 0.1) is 39.9 Å². The van der Waals surface area contributed by atoms with Crippen LogP contribution in [-0.4, -0.2) is 0 Å². The Bertz CT molecular complexity index is 719. The Kier molecular flexibility index (Phi) is 18.5. The minimum absolute atomic E-state index is 0. The van der Waals surface area contributed by atoms with Crippen molar-refractivity contribution in [1.29, 1.82) is 15.8 Å². The van der Waals surface area contributed by atoms with Crippen LogP contribution in [0.1, 0.15) is 55.4 Å². The minimum Gasteiger partial charge on any atom is 0 e. The van der Waals surface area contributed by atoms with Gasteiger partial charge in [0.15, 0.2) is 0 Å². The third kappa shape index (κ3) is 77.5. The summed E-state index contributed by atoms with van der Waals surface area (Å²) in [5.41, 5.74) is 5.87. The van der Waals surface area contributed by atoms with Crippen LogP contribution >= 0.6 is 15.6 Å². The van der Waals surface area contributed by atoms with Crippen molar-refractivity contribution in [2.45, 2.75) is 55.4 Å². The molecule has 0 saturated heterocycles. The molecule has 0 aromatic heterocycles. The fourth-order valence-corrected chi connectivity index (χ4v) is 1.41. The van der Waals surface area contributed by atoms with Crippen molar-refractivity contribution in [3.63, 3.8) is 0 Å². The molecule has 1 rings (SSSR count). The van der Waals surface area contributed by atoms with E-state index >= 15 is 0 Å². The number of hydrogen-bond donors (Lipinski definition) is 0. The third-order valence-electron chi connectivity index (χ3n) is 2.81. The fraction of sp³-hybridized carbons (Fsp3) is 0.500. The van der Waals surface area contributed by atoms with Crippen molar-refractivity contribution in [2.24, 2.45) is 0 Å². The molecule has 0 fully saturated rings. The van der Waals surface area contributed by atoms with Gasteiger partial charge in [0.1, 0.15) is 0 Å². The van der Waals surface area contributed by atoms with Crippen LogP contribution in [-0.2, 0) is 20.1 Å². The number of nitriles is 3. The van der Waals surface area contributed by atoms with Crippen molar-refractivity contribution in [3.8, 4) is 18.2 Å². The fourth-order valence-electron chi connectivity index (χ4n) is 1.41. The van der Waals surface area contributed by atoms with Crippen LogP contribution in [0.25, 0.3) is 0 Å². The summed E-state index contributed by atoms with van der Waals surface area (Å²) in [4.78, 5) is 0. The molecule has 0 saturated carbocycles. The van der Waals surface area contributed by atoms with Gasteiger partial charge >= 0.3 is 66.0 Å². The van der Waals surface area contributed by atoms with Crippen LogP contribution < -0.4 is 0 Å². The maximum Gasteiger partial charge on any atom is 0 e. The summed E-state index contributed by atoms with van der Waals surface area (Å²) in [7, 11) is -21.3. The summed E-state index contributed by atoms with van der Waals surface area (Å²) in [6, 6.07) is 5.25. The molecule has 0 heterocycles. The molecule has 0 bridgehead atoms. The van der Waals surface area contributed by atoms with Gasteiger partial charge in [-0.1, -0.05) is 18.1 Å². The molecule has 34 heavy (non-hydrogen) atoms. The first-order chi connectivity index (χ1) is 13.7. The van der Waals surface area contributed by atoms with Crippen molar-refractivity contribution in [3.05, 3.63) is 28.2 Å². The summed E-state index contributed by atoms with van der Waals surface area (Å²) in [6.07, 6.45) is 0. The van der Waals surface area contributed by atoms with Crippen molar-refractivity contribution >= 4 is 15.6 Å². The molecular formula is C16H24F12IrN3P2-2. The van der Waals surface area contributed by atoms with E-state index in [0.29, 0.717) is 0 Å². The van der Waals surface area contributed by atoms with Gasteiger partial charge in [-0.2, -0.15) is 15.8 Å². The SMILES string of the molecule is CC#N.CC#N.CC#N.C[C]1C(C)=C(C)C(C)=C1C.F[P-](F)(F)(F)(F)F.F[P-](F)(F)(F)(F)F.[Ir]. The molecular weight excluding hydrogens is 716 g/mol. The summed E-state index contributed by atoms with van der Waals surface area (Å²) in [5.74, 6) is 1.47. The van der Waals surface area contributed by atoms with Crippen LogP contribution in [0.3, 0.4) is 0 Å². The van der Waals surface area contributed by atoms with Gasteiger partial charge in [-0.15, -0.1) is 0 Å². The van der Waals surface area contributed by atoms with Gasteiger partial charge in [-0.25, -0.2) is 0 Å². The normalized spacial score (nSPS) is 16.5.